The summed E-state index contributed by atoms with van der Waals surface area (Å²) in [7, 11) is -3.69. The number of sulfonamides is 1. The Morgan fingerprint density at radius 1 is 1.22 bits per heavy atom. The molecule has 1 heterocycles. The van der Waals surface area contributed by atoms with Crippen molar-refractivity contribution in [2.24, 2.45) is 10.9 Å². The van der Waals surface area contributed by atoms with Gasteiger partial charge in [-0.05, 0) is 41.2 Å². The highest BCUT2D eigenvalue weighted by molar-refractivity contribution is 7.89. The summed E-state index contributed by atoms with van der Waals surface area (Å²) in [5, 5.41) is 16.2. The molecule has 96 valence electrons. The van der Waals surface area contributed by atoms with Gasteiger partial charge < -0.3 is 5.73 Å². The Bertz CT molecular complexity index is 633. The van der Waals surface area contributed by atoms with Crippen molar-refractivity contribution in [3.8, 4) is 5.69 Å². The van der Waals surface area contributed by atoms with Gasteiger partial charge in [-0.25, -0.2) is 13.6 Å². The molecule has 18 heavy (non-hydrogen) atoms. The number of benzene rings is 1. The van der Waals surface area contributed by atoms with Crippen LogP contribution in [0, 0.1) is 0 Å². The van der Waals surface area contributed by atoms with Gasteiger partial charge in [0.25, 0.3) is 0 Å². The van der Waals surface area contributed by atoms with E-state index in [1.54, 1.807) is 12.1 Å². The van der Waals surface area contributed by atoms with Gasteiger partial charge in [-0.15, -0.1) is 5.10 Å². The number of nitrogens with two attached hydrogens (primary N) is 2. The number of nitrogens with zero attached hydrogens (tertiary/aromatic N) is 4. The molecule has 0 saturated heterocycles. The van der Waals surface area contributed by atoms with Crippen LogP contribution in [0.3, 0.4) is 0 Å². The van der Waals surface area contributed by atoms with Crippen LogP contribution in [-0.2, 0) is 16.4 Å². The molecule has 0 aliphatic rings. The minimum Gasteiger partial charge on any atom is -0.330 e. The van der Waals surface area contributed by atoms with E-state index in [1.807, 2.05) is 0 Å². The van der Waals surface area contributed by atoms with Crippen molar-refractivity contribution in [2.75, 3.05) is 6.54 Å². The van der Waals surface area contributed by atoms with Crippen LogP contribution in [0.5, 0.6) is 0 Å². The molecule has 0 aliphatic heterocycles. The molecule has 0 saturated carbocycles. The molecule has 0 atom stereocenters. The van der Waals surface area contributed by atoms with Crippen molar-refractivity contribution in [1.29, 1.82) is 0 Å². The minimum absolute atomic E-state index is 0.0414. The van der Waals surface area contributed by atoms with Crippen LogP contribution in [0.1, 0.15) is 5.82 Å². The molecule has 1 aromatic carbocycles. The highest BCUT2D eigenvalue weighted by Crippen LogP contribution is 2.12. The third kappa shape index (κ3) is 2.53. The van der Waals surface area contributed by atoms with Gasteiger partial charge in [0, 0.05) is 6.42 Å². The van der Waals surface area contributed by atoms with Crippen molar-refractivity contribution in [1.82, 2.24) is 20.2 Å². The van der Waals surface area contributed by atoms with Crippen LogP contribution >= 0.6 is 0 Å². The van der Waals surface area contributed by atoms with Gasteiger partial charge in [0.1, 0.15) is 0 Å². The SMILES string of the molecule is NCCc1nnnn1-c1ccc(S(N)(=O)=O)cc1. The fourth-order valence-electron chi connectivity index (χ4n) is 1.47. The molecular formula is C9H12N6O2S. The normalized spacial score (nSPS) is 11.7. The summed E-state index contributed by atoms with van der Waals surface area (Å²) >= 11 is 0. The zero-order valence-electron chi connectivity index (χ0n) is 9.39. The van der Waals surface area contributed by atoms with E-state index < -0.39 is 10.0 Å². The first-order chi connectivity index (χ1) is 8.52. The molecule has 0 aliphatic carbocycles. The number of hydrogen-bond donors (Lipinski definition) is 2. The first kappa shape index (κ1) is 12.6. The van der Waals surface area contributed by atoms with E-state index in [-0.39, 0.29) is 4.90 Å². The number of hydrogen-bond acceptors (Lipinski definition) is 6. The molecular weight excluding hydrogens is 256 g/mol. The predicted octanol–water partition coefficient (Wildman–Crippen LogP) is -1.19. The van der Waals surface area contributed by atoms with E-state index >= 15 is 0 Å². The largest absolute Gasteiger partial charge is 0.330 e. The lowest BCUT2D eigenvalue weighted by atomic mass is 10.3. The van der Waals surface area contributed by atoms with E-state index in [9.17, 15) is 8.42 Å². The molecule has 9 heteroatoms. The van der Waals surface area contributed by atoms with E-state index in [1.165, 1.54) is 16.8 Å². The van der Waals surface area contributed by atoms with Gasteiger partial charge >= 0.3 is 0 Å². The van der Waals surface area contributed by atoms with Gasteiger partial charge in [0.2, 0.25) is 10.0 Å². The van der Waals surface area contributed by atoms with Crippen LogP contribution in [0.25, 0.3) is 5.69 Å². The molecule has 1 aromatic heterocycles. The van der Waals surface area contributed by atoms with Crippen LogP contribution < -0.4 is 10.9 Å². The summed E-state index contributed by atoms with van der Waals surface area (Å²) in [6.07, 6.45) is 0.532. The Balaban J connectivity index is 2.37. The Hall–Kier alpha value is -1.84. The average molecular weight is 268 g/mol. The smallest absolute Gasteiger partial charge is 0.238 e. The lowest BCUT2D eigenvalue weighted by molar-refractivity contribution is 0.597. The molecule has 0 fully saturated rings. The predicted molar refractivity (Wildman–Crippen MR) is 63.3 cm³/mol. The van der Waals surface area contributed by atoms with Crippen LogP contribution in [0.4, 0.5) is 0 Å². The monoisotopic (exact) mass is 268 g/mol. The van der Waals surface area contributed by atoms with E-state index in [0.717, 1.165) is 0 Å². The maximum absolute atomic E-state index is 11.1. The Labute approximate surface area is 104 Å². The number of primary sulfonamides is 1. The second-order valence-electron chi connectivity index (χ2n) is 3.58. The summed E-state index contributed by atoms with van der Waals surface area (Å²) in [4.78, 5) is 0.0414. The fraction of sp³-hybridized carbons (Fsp3) is 0.222. The molecule has 0 unspecified atom stereocenters. The fourth-order valence-corrected chi connectivity index (χ4v) is 1.98. The number of rotatable bonds is 4. The molecule has 0 spiro atoms. The standard InChI is InChI=1S/C9H12N6O2S/c10-6-5-9-12-13-14-15(9)7-1-3-8(4-2-7)18(11,16)17/h1-4H,5-6,10H2,(H2,11,16,17). The van der Waals surface area contributed by atoms with Crippen LogP contribution in [0.15, 0.2) is 29.2 Å². The third-order valence-corrected chi connectivity index (χ3v) is 3.24. The molecule has 8 nitrogen and oxygen atoms in total. The summed E-state index contributed by atoms with van der Waals surface area (Å²) in [5.41, 5.74) is 6.09. The van der Waals surface area contributed by atoms with Crippen molar-refractivity contribution in [3.05, 3.63) is 30.1 Å². The molecule has 2 aromatic rings. The second-order valence-corrected chi connectivity index (χ2v) is 5.15. The summed E-state index contributed by atoms with van der Waals surface area (Å²) in [6, 6.07) is 5.96. The maximum atomic E-state index is 11.1. The van der Waals surface area contributed by atoms with Crippen molar-refractivity contribution in [3.63, 3.8) is 0 Å². The highest BCUT2D eigenvalue weighted by atomic mass is 32.2. The third-order valence-electron chi connectivity index (χ3n) is 2.31. The van der Waals surface area contributed by atoms with Crippen LogP contribution in [-0.4, -0.2) is 35.2 Å². The summed E-state index contributed by atoms with van der Waals surface area (Å²) in [6.45, 7) is 0.426. The summed E-state index contributed by atoms with van der Waals surface area (Å²) < 4.78 is 23.7. The topological polar surface area (TPSA) is 130 Å². The average Bonchev–Trinajstić information content (AvgIpc) is 2.77. The first-order valence-corrected chi connectivity index (χ1v) is 6.67. The summed E-state index contributed by atoms with van der Waals surface area (Å²) in [5.74, 6) is 0.612. The van der Waals surface area contributed by atoms with E-state index in [0.29, 0.717) is 24.5 Å². The first-order valence-electron chi connectivity index (χ1n) is 5.13. The zero-order valence-corrected chi connectivity index (χ0v) is 10.2. The van der Waals surface area contributed by atoms with E-state index in [2.05, 4.69) is 15.5 Å². The van der Waals surface area contributed by atoms with Gasteiger partial charge in [-0.2, -0.15) is 4.68 Å². The second kappa shape index (κ2) is 4.80. The number of tetrazole rings is 1. The van der Waals surface area contributed by atoms with Gasteiger partial charge in [0.05, 0.1) is 10.6 Å². The lowest BCUT2D eigenvalue weighted by Crippen LogP contribution is -2.13. The maximum Gasteiger partial charge on any atom is 0.238 e. The Morgan fingerprint density at radius 2 is 1.89 bits per heavy atom. The van der Waals surface area contributed by atoms with Gasteiger partial charge in [0.15, 0.2) is 5.82 Å². The van der Waals surface area contributed by atoms with Crippen molar-refractivity contribution < 1.29 is 8.42 Å². The molecule has 4 N–H and O–H groups in total. The quantitative estimate of drug-likeness (QED) is 0.717. The molecule has 0 radical (unpaired) electrons. The molecule has 0 amide bonds. The highest BCUT2D eigenvalue weighted by Gasteiger charge is 2.10. The van der Waals surface area contributed by atoms with Gasteiger partial charge in [-0.3, -0.25) is 0 Å². The molecule has 0 bridgehead atoms. The molecule has 2 rings (SSSR count). The minimum atomic E-state index is -3.69. The Morgan fingerprint density at radius 3 is 2.44 bits per heavy atom. The van der Waals surface area contributed by atoms with E-state index in [4.69, 9.17) is 10.9 Å². The number of aromatic nitrogens is 4. The van der Waals surface area contributed by atoms with Crippen molar-refractivity contribution >= 4 is 10.0 Å². The van der Waals surface area contributed by atoms with Crippen LogP contribution in [0.2, 0.25) is 0 Å². The van der Waals surface area contributed by atoms with Gasteiger partial charge in [-0.1, -0.05) is 0 Å². The zero-order chi connectivity index (χ0) is 13.2. The van der Waals surface area contributed by atoms with Crippen molar-refractivity contribution in [2.45, 2.75) is 11.3 Å². The lowest BCUT2D eigenvalue weighted by Gasteiger charge is -2.04. The Kier molecular flexibility index (Phi) is 3.36.